The predicted octanol–water partition coefficient (Wildman–Crippen LogP) is -1.06. The van der Waals surface area contributed by atoms with Gasteiger partial charge in [-0.05, 0) is 6.42 Å². The lowest BCUT2D eigenvalue weighted by Gasteiger charge is -2.17. The molecule has 0 aromatic carbocycles. The summed E-state index contributed by atoms with van der Waals surface area (Å²) in [5.74, 6) is -1.80. The standard InChI is InChI=1S/C9H16N2O4/c1-2-7(9(13)14)11-8(12)5-3-15-4-6(5)10/h5-7H,2-4,10H2,1H3,(H,11,12)(H,13,14)/t5?,6?,7-/m1/s1. The van der Waals surface area contributed by atoms with Crippen molar-refractivity contribution < 1.29 is 19.4 Å². The Bertz CT molecular complexity index is 256. The van der Waals surface area contributed by atoms with Crippen LogP contribution in [-0.2, 0) is 14.3 Å². The number of hydrogen-bond acceptors (Lipinski definition) is 4. The predicted molar refractivity (Wildman–Crippen MR) is 52.1 cm³/mol. The molecule has 15 heavy (non-hydrogen) atoms. The zero-order chi connectivity index (χ0) is 11.4. The molecule has 0 spiro atoms. The van der Waals surface area contributed by atoms with Crippen LogP contribution in [0.15, 0.2) is 0 Å². The molecule has 1 aliphatic rings. The van der Waals surface area contributed by atoms with Crippen molar-refractivity contribution in [3.05, 3.63) is 0 Å². The highest BCUT2D eigenvalue weighted by Crippen LogP contribution is 2.12. The highest BCUT2D eigenvalue weighted by Gasteiger charge is 2.33. The zero-order valence-electron chi connectivity index (χ0n) is 8.60. The lowest BCUT2D eigenvalue weighted by Crippen LogP contribution is -2.47. The molecule has 0 aromatic rings. The van der Waals surface area contributed by atoms with Gasteiger partial charge in [0.1, 0.15) is 6.04 Å². The third-order valence-electron chi connectivity index (χ3n) is 2.48. The molecular weight excluding hydrogens is 200 g/mol. The fourth-order valence-corrected chi connectivity index (χ4v) is 1.46. The van der Waals surface area contributed by atoms with Gasteiger partial charge < -0.3 is 20.9 Å². The molecule has 1 heterocycles. The molecule has 6 heteroatoms. The first-order chi connectivity index (χ1) is 7.06. The minimum absolute atomic E-state index is 0.267. The van der Waals surface area contributed by atoms with Crippen molar-refractivity contribution in [2.45, 2.75) is 25.4 Å². The quantitative estimate of drug-likeness (QED) is 0.556. The molecule has 0 aromatic heterocycles. The Labute approximate surface area is 87.8 Å². The average molecular weight is 216 g/mol. The zero-order valence-corrected chi connectivity index (χ0v) is 8.60. The minimum Gasteiger partial charge on any atom is -0.480 e. The van der Waals surface area contributed by atoms with E-state index in [9.17, 15) is 9.59 Å². The van der Waals surface area contributed by atoms with E-state index in [4.69, 9.17) is 15.6 Å². The summed E-state index contributed by atoms with van der Waals surface area (Å²) in [7, 11) is 0. The molecule has 0 bridgehead atoms. The molecule has 0 saturated carbocycles. The van der Waals surface area contributed by atoms with Crippen LogP contribution in [0, 0.1) is 5.92 Å². The van der Waals surface area contributed by atoms with E-state index in [0.717, 1.165) is 0 Å². The summed E-state index contributed by atoms with van der Waals surface area (Å²) in [6.07, 6.45) is 0.351. The van der Waals surface area contributed by atoms with Crippen LogP contribution >= 0.6 is 0 Å². The fraction of sp³-hybridized carbons (Fsp3) is 0.778. The number of carboxylic acids is 1. The maximum Gasteiger partial charge on any atom is 0.326 e. The second-order valence-corrected chi connectivity index (χ2v) is 3.62. The van der Waals surface area contributed by atoms with Gasteiger partial charge in [-0.1, -0.05) is 6.92 Å². The third kappa shape index (κ3) is 2.90. The molecule has 2 unspecified atom stereocenters. The summed E-state index contributed by atoms with van der Waals surface area (Å²) in [5, 5.41) is 11.2. The fourth-order valence-electron chi connectivity index (χ4n) is 1.46. The van der Waals surface area contributed by atoms with Gasteiger partial charge in [-0.2, -0.15) is 0 Å². The number of carbonyl (C=O) groups is 2. The van der Waals surface area contributed by atoms with Crippen LogP contribution in [0.3, 0.4) is 0 Å². The Hall–Kier alpha value is -1.14. The van der Waals surface area contributed by atoms with E-state index in [1.54, 1.807) is 6.92 Å². The maximum atomic E-state index is 11.6. The lowest BCUT2D eigenvalue weighted by molar-refractivity contribution is -0.142. The average Bonchev–Trinajstić information content (AvgIpc) is 2.60. The maximum absolute atomic E-state index is 11.6. The first kappa shape index (κ1) is 11.9. The summed E-state index contributed by atoms with van der Waals surface area (Å²) < 4.78 is 5.03. The molecule has 86 valence electrons. The summed E-state index contributed by atoms with van der Waals surface area (Å²) in [4.78, 5) is 22.3. The Morgan fingerprint density at radius 2 is 2.27 bits per heavy atom. The molecular formula is C9H16N2O4. The van der Waals surface area contributed by atoms with Gasteiger partial charge in [-0.15, -0.1) is 0 Å². The molecule has 6 nitrogen and oxygen atoms in total. The molecule has 0 radical (unpaired) electrons. The van der Waals surface area contributed by atoms with Gasteiger partial charge in [-0.3, -0.25) is 4.79 Å². The summed E-state index contributed by atoms with van der Waals surface area (Å²) in [6, 6.07) is -1.18. The lowest BCUT2D eigenvalue weighted by atomic mass is 10.0. The summed E-state index contributed by atoms with van der Waals surface area (Å²) >= 11 is 0. The first-order valence-corrected chi connectivity index (χ1v) is 4.92. The van der Waals surface area contributed by atoms with Gasteiger partial charge >= 0.3 is 5.97 Å². The monoisotopic (exact) mass is 216 g/mol. The van der Waals surface area contributed by atoms with E-state index < -0.39 is 17.9 Å². The van der Waals surface area contributed by atoms with Crippen LogP contribution in [0.1, 0.15) is 13.3 Å². The number of ether oxygens (including phenoxy) is 1. The first-order valence-electron chi connectivity index (χ1n) is 4.92. The normalized spacial score (nSPS) is 27.3. The molecule has 3 atom stereocenters. The Kier molecular flexibility index (Phi) is 4.05. The van der Waals surface area contributed by atoms with Gasteiger partial charge in [0.05, 0.1) is 19.1 Å². The SMILES string of the molecule is CC[C@@H](NC(=O)C1COCC1N)C(=O)O. The number of hydrogen-bond donors (Lipinski definition) is 3. The van der Waals surface area contributed by atoms with Gasteiger partial charge in [0.25, 0.3) is 0 Å². The number of rotatable bonds is 4. The van der Waals surface area contributed by atoms with Crippen LogP contribution in [-0.4, -0.2) is 42.3 Å². The van der Waals surface area contributed by atoms with Crippen molar-refractivity contribution in [3.63, 3.8) is 0 Å². The van der Waals surface area contributed by atoms with Crippen LogP contribution in [0.4, 0.5) is 0 Å². The van der Waals surface area contributed by atoms with Crippen LogP contribution in [0.5, 0.6) is 0 Å². The third-order valence-corrected chi connectivity index (χ3v) is 2.48. The highest BCUT2D eigenvalue weighted by atomic mass is 16.5. The summed E-state index contributed by atoms with van der Waals surface area (Å²) in [5.41, 5.74) is 5.64. The van der Waals surface area contributed by atoms with E-state index >= 15 is 0 Å². The van der Waals surface area contributed by atoms with E-state index in [1.807, 2.05) is 0 Å². The number of nitrogens with two attached hydrogens (primary N) is 1. The largest absolute Gasteiger partial charge is 0.480 e. The van der Waals surface area contributed by atoms with Gasteiger partial charge in [-0.25, -0.2) is 4.79 Å². The van der Waals surface area contributed by atoms with Crippen molar-refractivity contribution in [1.29, 1.82) is 0 Å². The van der Waals surface area contributed by atoms with E-state index in [-0.39, 0.29) is 18.6 Å². The molecule has 1 fully saturated rings. The van der Waals surface area contributed by atoms with Crippen molar-refractivity contribution in [3.8, 4) is 0 Å². The Balaban J connectivity index is 2.50. The van der Waals surface area contributed by atoms with E-state index in [1.165, 1.54) is 0 Å². The molecule has 4 N–H and O–H groups in total. The van der Waals surface area contributed by atoms with Crippen molar-refractivity contribution >= 4 is 11.9 Å². The summed E-state index contributed by atoms with van der Waals surface area (Å²) in [6.45, 7) is 2.31. The number of amides is 1. The molecule has 1 rings (SSSR count). The molecule has 1 amide bonds. The van der Waals surface area contributed by atoms with Gasteiger partial charge in [0.15, 0.2) is 0 Å². The van der Waals surface area contributed by atoms with Crippen molar-refractivity contribution in [1.82, 2.24) is 5.32 Å². The number of carbonyl (C=O) groups excluding carboxylic acids is 1. The number of nitrogens with one attached hydrogen (secondary N) is 1. The molecule has 1 saturated heterocycles. The van der Waals surface area contributed by atoms with Gasteiger partial charge in [0.2, 0.25) is 5.91 Å². The number of carboxylic acid groups (broad SMARTS) is 1. The molecule has 0 aliphatic carbocycles. The number of aliphatic carboxylic acids is 1. The Morgan fingerprint density at radius 3 is 2.67 bits per heavy atom. The van der Waals surface area contributed by atoms with Crippen LogP contribution in [0.2, 0.25) is 0 Å². The second kappa shape index (κ2) is 5.09. The van der Waals surface area contributed by atoms with E-state index in [0.29, 0.717) is 13.0 Å². The van der Waals surface area contributed by atoms with Crippen LogP contribution < -0.4 is 11.1 Å². The van der Waals surface area contributed by atoms with Crippen molar-refractivity contribution in [2.75, 3.05) is 13.2 Å². The minimum atomic E-state index is -1.03. The Morgan fingerprint density at radius 1 is 1.60 bits per heavy atom. The van der Waals surface area contributed by atoms with Gasteiger partial charge in [0, 0.05) is 6.04 Å². The van der Waals surface area contributed by atoms with Crippen molar-refractivity contribution in [2.24, 2.45) is 11.7 Å². The second-order valence-electron chi connectivity index (χ2n) is 3.62. The van der Waals surface area contributed by atoms with E-state index in [2.05, 4.69) is 5.32 Å². The smallest absolute Gasteiger partial charge is 0.326 e. The topological polar surface area (TPSA) is 102 Å². The van der Waals surface area contributed by atoms with Crippen LogP contribution in [0.25, 0.3) is 0 Å². The molecule has 1 aliphatic heterocycles. The highest BCUT2D eigenvalue weighted by molar-refractivity contribution is 5.85.